The molecular formula is C23H19F2NO2. The third-order valence-corrected chi connectivity index (χ3v) is 5.12. The Balaban J connectivity index is 1.79. The molecule has 1 aliphatic heterocycles. The maximum atomic E-state index is 13.7. The zero-order valence-corrected chi connectivity index (χ0v) is 15.4. The lowest BCUT2D eigenvalue weighted by atomic mass is 9.87. The molecule has 28 heavy (non-hydrogen) atoms. The van der Waals surface area contributed by atoms with Crippen LogP contribution in [-0.4, -0.2) is 24.5 Å². The van der Waals surface area contributed by atoms with Gasteiger partial charge in [-0.05, 0) is 53.4 Å². The highest BCUT2D eigenvalue weighted by molar-refractivity contribution is 5.95. The summed E-state index contributed by atoms with van der Waals surface area (Å²) < 4.78 is 32.3. The van der Waals surface area contributed by atoms with Crippen LogP contribution >= 0.6 is 0 Å². The van der Waals surface area contributed by atoms with Crippen molar-refractivity contribution in [3.05, 3.63) is 101 Å². The molecule has 0 N–H and O–H groups in total. The maximum Gasteiger partial charge on any atom is 0.254 e. The zero-order valence-electron chi connectivity index (χ0n) is 15.4. The van der Waals surface area contributed by atoms with E-state index >= 15 is 0 Å². The normalized spacial score (nSPS) is 15.8. The Kier molecular flexibility index (Phi) is 4.82. The molecule has 142 valence electrons. The molecule has 3 nitrogen and oxygen atoms in total. The molecule has 0 aromatic heterocycles. The van der Waals surface area contributed by atoms with Crippen LogP contribution < -0.4 is 4.74 Å². The van der Waals surface area contributed by atoms with Crippen molar-refractivity contribution >= 4 is 5.91 Å². The van der Waals surface area contributed by atoms with Crippen LogP contribution in [0.4, 0.5) is 8.78 Å². The van der Waals surface area contributed by atoms with Gasteiger partial charge < -0.3 is 9.64 Å². The number of amides is 1. The fourth-order valence-electron chi connectivity index (χ4n) is 3.74. The molecule has 0 saturated heterocycles. The molecule has 3 aromatic rings. The maximum absolute atomic E-state index is 13.7. The lowest BCUT2D eigenvalue weighted by Gasteiger charge is -2.38. The molecule has 1 heterocycles. The SMILES string of the molecule is COc1ccc2c(c1)CCN(C(=O)c1ccc(F)c(F)c1)C2c1ccccc1. The van der Waals surface area contributed by atoms with E-state index in [1.165, 1.54) is 6.07 Å². The first-order chi connectivity index (χ1) is 13.6. The highest BCUT2D eigenvalue weighted by Crippen LogP contribution is 2.37. The number of rotatable bonds is 3. The molecule has 0 bridgehead atoms. The average molecular weight is 379 g/mol. The van der Waals surface area contributed by atoms with Crippen molar-refractivity contribution < 1.29 is 18.3 Å². The number of hydrogen-bond acceptors (Lipinski definition) is 2. The second-order valence-electron chi connectivity index (χ2n) is 6.76. The Morgan fingerprint density at radius 1 is 1.00 bits per heavy atom. The molecule has 3 aromatic carbocycles. The molecule has 1 unspecified atom stereocenters. The summed E-state index contributed by atoms with van der Waals surface area (Å²) in [5, 5.41) is 0. The molecule has 0 fully saturated rings. The second kappa shape index (κ2) is 7.43. The van der Waals surface area contributed by atoms with Gasteiger partial charge in [-0.2, -0.15) is 0 Å². The van der Waals surface area contributed by atoms with Gasteiger partial charge in [0.05, 0.1) is 13.2 Å². The van der Waals surface area contributed by atoms with Gasteiger partial charge in [0, 0.05) is 12.1 Å². The van der Waals surface area contributed by atoms with Gasteiger partial charge in [0.25, 0.3) is 5.91 Å². The lowest BCUT2D eigenvalue weighted by molar-refractivity contribution is 0.0694. The predicted octanol–water partition coefficient (Wildman–Crippen LogP) is 4.76. The molecule has 1 aliphatic rings. The standard InChI is InChI=1S/C23H19F2NO2/c1-28-18-8-9-19-16(13-18)11-12-26(22(19)15-5-3-2-4-6-15)23(27)17-7-10-20(24)21(25)14-17/h2-10,13-14,22H,11-12H2,1H3. The van der Waals surface area contributed by atoms with Gasteiger partial charge in [-0.25, -0.2) is 8.78 Å². The van der Waals surface area contributed by atoms with Crippen molar-refractivity contribution in [2.75, 3.05) is 13.7 Å². The molecule has 0 radical (unpaired) electrons. The van der Waals surface area contributed by atoms with Crippen LogP contribution in [0.25, 0.3) is 0 Å². The third-order valence-electron chi connectivity index (χ3n) is 5.12. The number of methoxy groups -OCH3 is 1. The monoisotopic (exact) mass is 379 g/mol. The molecule has 0 saturated carbocycles. The first kappa shape index (κ1) is 18.2. The van der Waals surface area contributed by atoms with Crippen molar-refractivity contribution in [3.8, 4) is 5.75 Å². The Morgan fingerprint density at radius 2 is 1.79 bits per heavy atom. The number of fused-ring (bicyclic) bond motifs is 1. The van der Waals surface area contributed by atoms with Crippen molar-refractivity contribution in [3.63, 3.8) is 0 Å². The Morgan fingerprint density at radius 3 is 2.50 bits per heavy atom. The summed E-state index contributed by atoms with van der Waals surface area (Å²) >= 11 is 0. The van der Waals surface area contributed by atoms with E-state index < -0.39 is 11.6 Å². The molecule has 1 atom stereocenters. The van der Waals surface area contributed by atoms with Crippen molar-refractivity contribution in [2.24, 2.45) is 0 Å². The summed E-state index contributed by atoms with van der Waals surface area (Å²) in [4.78, 5) is 14.9. The van der Waals surface area contributed by atoms with E-state index in [4.69, 9.17) is 4.74 Å². The van der Waals surface area contributed by atoms with Gasteiger partial charge in [-0.3, -0.25) is 4.79 Å². The van der Waals surface area contributed by atoms with Crippen molar-refractivity contribution in [2.45, 2.75) is 12.5 Å². The van der Waals surface area contributed by atoms with Crippen molar-refractivity contribution in [1.29, 1.82) is 0 Å². The van der Waals surface area contributed by atoms with Crippen LogP contribution in [0, 0.1) is 11.6 Å². The van der Waals surface area contributed by atoms with E-state index in [1.807, 2.05) is 48.5 Å². The van der Waals surface area contributed by atoms with Gasteiger partial charge in [0.2, 0.25) is 0 Å². The number of halogens is 2. The second-order valence-corrected chi connectivity index (χ2v) is 6.76. The number of carbonyl (C=O) groups excluding carboxylic acids is 1. The summed E-state index contributed by atoms with van der Waals surface area (Å²) in [7, 11) is 1.62. The van der Waals surface area contributed by atoms with E-state index in [2.05, 4.69) is 0 Å². The lowest BCUT2D eigenvalue weighted by Crippen LogP contribution is -2.40. The topological polar surface area (TPSA) is 29.5 Å². The Hall–Kier alpha value is -3.21. The predicted molar refractivity (Wildman–Crippen MR) is 102 cm³/mol. The highest BCUT2D eigenvalue weighted by atomic mass is 19.2. The molecule has 0 spiro atoms. The van der Waals surface area contributed by atoms with E-state index in [-0.39, 0.29) is 17.5 Å². The van der Waals surface area contributed by atoms with Crippen LogP contribution in [-0.2, 0) is 6.42 Å². The van der Waals surface area contributed by atoms with Gasteiger partial charge in [-0.15, -0.1) is 0 Å². The van der Waals surface area contributed by atoms with E-state index in [0.717, 1.165) is 34.6 Å². The van der Waals surface area contributed by atoms with E-state index in [1.54, 1.807) is 12.0 Å². The largest absolute Gasteiger partial charge is 0.497 e. The van der Waals surface area contributed by atoms with Crippen LogP contribution in [0.2, 0.25) is 0 Å². The average Bonchev–Trinajstić information content (AvgIpc) is 2.74. The molecule has 0 aliphatic carbocycles. The van der Waals surface area contributed by atoms with Gasteiger partial charge in [-0.1, -0.05) is 36.4 Å². The summed E-state index contributed by atoms with van der Waals surface area (Å²) in [5.74, 6) is -1.54. The smallest absolute Gasteiger partial charge is 0.254 e. The van der Waals surface area contributed by atoms with Crippen LogP contribution in [0.5, 0.6) is 5.75 Å². The third kappa shape index (κ3) is 3.24. The zero-order chi connectivity index (χ0) is 19.7. The molecule has 5 heteroatoms. The minimum absolute atomic E-state index is 0.136. The fourth-order valence-corrected chi connectivity index (χ4v) is 3.74. The number of nitrogens with zero attached hydrogens (tertiary/aromatic N) is 1. The molecule has 4 rings (SSSR count). The highest BCUT2D eigenvalue weighted by Gasteiger charge is 2.33. The minimum atomic E-state index is -1.02. The summed E-state index contributed by atoms with van der Waals surface area (Å²) in [6.07, 6.45) is 0.658. The number of benzene rings is 3. The quantitative estimate of drug-likeness (QED) is 0.657. The number of hydrogen-bond donors (Lipinski definition) is 0. The Labute approximate surface area is 162 Å². The summed E-state index contributed by atoms with van der Waals surface area (Å²) in [6, 6.07) is 18.5. The summed E-state index contributed by atoms with van der Waals surface area (Å²) in [5.41, 5.74) is 3.22. The van der Waals surface area contributed by atoms with Crippen molar-refractivity contribution in [1.82, 2.24) is 4.90 Å². The first-order valence-electron chi connectivity index (χ1n) is 9.06. The van der Waals surface area contributed by atoms with E-state index in [0.29, 0.717) is 13.0 Å². The summed E-state index contributed by atoms with van der Waals surface area (Å²) in [6.45, 7) is 0.470. The van der Waals surface area contributed by atoms with E-state index in [9.17, 15) is 13.6 Å². The van der Waals surface area contributed by atoms with Gasteiger partial charge >= 0.3 is 0 Å². The minimum Gasteiger partial charge on any atom is -0.497 e. The van der Waals surface area contributed by atoms with Gasteiger partial charge in [0.1, 0.15) is 5.75 Å². The first-order valence-corrected chi connectivity index (χ1v) is 9.06. The van der Waals surface area contributed by atoms with Crippen LogP contribution in [0.3, 0.4) is 0 Å². The fraction of sp³-hybridized carbons (Fsp3) is 0.174. The van der Waals surface area contributed by atoms with Gasteiger partial charge in [0.15, 0.2) is 11.6 Å². The van der Waals surface area contributed by atoms with Crippen LogP contribution in [0.1, 0.15) is 33.1 Å². The number of ether oxygens (including phenoxy) is 1. The number of carbonyl (C=O) groups is 1. The molecule has 1 amide bonds. The Bertz CT molecular complexity index is 1020. The molecular weight excluding hydrogens is 360 g/mol. The van der Waals surface area contributed by atoms with Crippen LogP contribution in [0.15, 0.2) is 66.7 Å².